The Bertz CT molecular complexity index is 882. The lowest BCUT2D eigenvalue weighted by Gasteiger charge is -2.19. The molecule has 0 aliphatic heterocycles. The third-order valence-corrected chi connectivity index (χ3v) is 4.34. The lowest BCUT2D eigenvalue weighted by atomic mass is 9.87. The predicted molar refractivity (Wildman–Crippen MR) is 116 cm³/mol. The minimum atomic E-state index is -0.482. The van der Waals surface area contributed by atoms with Gasteiger partial charge in [-0.1, -0.05) is 46.8 Å². The Kier molecular flexibility index (Phi) is 7.58. The molecule has 0 fully saturated rings. The molecule has 30 heavy (non-hydrogen) atoms. The number of hydrogen-bond donors (Lipinski definition) is 3. The van der Waals surface area contributed by atoms with Gasteiger partial charge in [0.2, 0.25) is 5.91 Å². The first-order chi connectivity index (χ1) is 14.1. The van der Waals surface area contributed by atoms with Crippen LogP contribution in [0.15, 0.2) is 48.5 Å². The summed E-state index contributed by atoms with van der Waals surface area (Å²) in [5.41, 5.74) is 6.80. The van der Waals surface area contributed by atoms with Crippen LogP contribution >= 0.6 is 0 Å². The van der Waals surface area contributed by atoms with Gasteiger partial charge in [0.1, 0.15) is 5.75 Å². The summed E-state index contributed by atoms with van der Waals surface area (Å²) in [4.78, 5) is 35.7. The number of benzene rings is 2. The summed E-state index contributed by atoms with van der Waals surface area (Å²) < 4.78 is 5.44. The lowest BCUT2D eigenvalue weighted by molar-refractivity contribution is -0.123. The molecule has 7 heteroatoms. The van der Waals surface area contributed by atoms with E-state index >= 15 is 0 Å². The number of amides is 3. The fourth-order valence-corrected chi connectivity index (χ4v) is 2.43. The van der Waals surface area contributed by atoms with Gasteiger partial charge in [-0.3, -0.25) is 25.2 Å². The summed E-state index contributed by atoms with van der Waals surface area (Å²) >= 11 is 0. The molecule has 7 nitrogen and oxygen atoms in total. The average Bonchev–Trinajstić information content (AvgIpc) is 2.70. The normalized spacial score (nSPS) is 11.0. The van der Waals surface area contributed by atoms with Crippen LogP contribution < -0.4 is 20.9 Å². The molecular formula is C23H29N3O4. The van der Waals surface area contributed by atoms with E-state index in [0.717, 1.165) is 0 Å². The number of hydrogen-bond acceptors (Lipinski definition) is 4. The van der Waals surface area contributed by atoms with Crippen LogP contribution in [0.1, 0.15) is 50.5 Å². The maximum Gasteiger partial charge on any atom is 0.276 e. The molecular weight excluding hydrogens is 382 g/mol. The van der Waals surface area contributed by atoms with Gasteiger partial charge in [0.15, 0.2) is 6.61 Å². The molecule has 0 radical (unpaired) electrons. The van der Waals surface area contributed by atoms with Gasteiger partial charge >= 0.3 is 0 Å². The SMILES string of the molecule is CC(C)C(=O)Nc1ccc(C(=O)NNC(=O)COc2ccc(C(C)(C)C)cc2)cc1. The number of nitrogens with one attached hydrogen (secondary N) is 3. The molecule has 2 rings (SSSR count). The van der Waals surface area contributed by atoms with E-state index in [1.165, 1.54) is 5.56 Å². The van der Waals surface area contributed by atoms with Crippen molar-refractivity contribution in [1.29, 1.82) is 0 Å². The molecule has 0 heterocycles. The minimum Gasteiger partial charge on any atom is -0.484 e. The van der Waals surface area contributed by atoms with E-state index in [1.807, 2.05) is 24.3 Å². The second kappa shape index (κ2) is 9.91. The Balaban J connectivity index is 1.79. The van der Waals surface area contributed by atoms with Gasteiger partial charge in [-0.25, -0.2) is 0 Å². The Labute approximate surface area is 177 Å². The summed E-state index contributed by atoms with van der Waals surface area (Å²) in [7, 11) is 0. The van der Waals surface area contributed by atoms with E-state index in [9.17, 15) is 14.4 Å². The highest BCUT2D eigenvalue weighted by Gasteiger charge is 2.13. The number of hydrazine groups is 1. The lowest BCUT2D eigenvalue weighted by Crippen LogP contribution is -2.43. The summed E-state index contributed by atoms with van der Waals surface area (Å²) in [5.74, 6) is -0.624. The van der Waals surface area contributed by atoms with Crippen molar-refractivity contribution in [2.75, 3.05) is 11.9 Å². The standard InChI is InChI=1S/C23H29N3O4/c1-15(2)21(28)24-18-10-6-16(7-11-18)22(29)26-25-20(27)14-30-19-12-8-17(9-13-19)23(3,4)5/h6-13,15H,14H2,1-5H3,(H,24,28)(H,25,27)(H,26,29). The highest BCUT2D eigenvalue weighted by molar-refractivity contribution is 5.97. The van der Waals surface area contributed by atoms with Crippen molar-refractivity contribution in [2.24, 2.45) is 5.92 Å². The van der Waals surface area contributed by atoms with Gasteiger partial charge in [-0.15, -0.1) is 0 Å². The Morgan fingerprint density at radius 2 is 1.50 bits per heavy atom. The van der Waals surface area contributed by atoms with Crippen LogP contribution in [0, 0.1) is 5.92 Å². The Morgan fingerprint density at radius 1 is 0.900 bits per heavy atom. The van der Waals surface area contributed by atoms with Crippen LogP contribution in [-0.4, -0.2) is 24.3 Å². The van der Waals surface area contributed by atoms with Gasteiger partial charge in [0, 0.05) is 17.2 Å². The zero-order valence-electron chi connectivity index (χ0n) is 18.0. The summed E-state index contributed by atoms with van der Waals surface area (Å²) in [6.07, 6.45) is 0. The van der Waals surface area contributed by atoms with Crippen molar-refractivity contribution < 1.29 is 19.1 Å². The Hall–Kier alpha value is -3.35. The molecule has 0 bridgehead atoms. The molecule has 0 aliphatic carbocycles. The number of rotatable bonds is 6. The van der Waals surface area contributed by atoms with E-state index in [4.69, 9.17) is 4.74 Å². The van der Waals surface area contributed by atoms with Crippen molar-refractivity contribution in [2.45, 2.75) is 40.0 Å². The molecule has 0 spiro atoms. The van der Waals surface area contributed by atoms with E-state index in [2.05, 4.69) is 36.9 Å². The molecule has 2 aromatic carbocycles. The van der Waals surface area contributed by atoms with Gasteiger partial charge in [-0.05, 0) is 47.4 Å². The summed E-state index contributed by atoms with van der Waals surface area (Å²) in [5, 5.41) is 2.74. The molecule has 3 N–H and O–H groups in total. The highest BCUT2D eigenvalue weighted by atomic mass is 16.5. The predicted octanol–water partition coefficient (Wildman–Crippen LogP) is 3.42. The largest absolute Gasteiger partial charge is 0.484 e. The van der Waals surface area contributed by atoms with Crippen molar-refractivity contribution in [3.8, 4) is 5.75 Å². The summed E-state index contributed by atoms with van der Waals surface area (Å²) in [6.45, 7) is 9.72. The van der Waals surface area contributed by atoms with Gasteiger partial charge in [-0.2, -0.15) is 0 Å². The monoisotopic (exact) mass is 411 g/mol. The summed E-state index contributed by atoms with van der Waals surface area (Å²) in [6, 6.07) is 13.9. The third-order valence-electron chi connectivity index (χ3n) is 4.34. The zero-order chi connectivity index (χ0) is 22.3. The van der Waals surface area contributed by atoms with Crippen molar-refractivity contribution in [3.05, 3.63) is 59.7 Å². The van der Waals surface area contributed by atoms with Crippen LogP contribution in [0.3, 0.4) is 0 Å². The zero-order valence-corrected chi connectivity index (χ0v) is 18.0. The number of anilines is 1. The van der Waals surface area contributed by atoms with Crippen molar-refractivity contribution in [3.63, 3.8) is 0 Å². The van der Waals surface area contributed by atoms with E-state index in [1.54, 1.807) is 38.1 Å². The topological polar surface area (TPSA) is 96.5 Å². The van der Waals surface area contributed by atoms with Crippen molar-refractivity contribution in [1.82, 2.24) is 10.9 Å². The van der Waals surface area contributed by atoms with E-state index in [-0.39, 0.29) is 23.8 Å². The molecule has 0 saturated heterocycles. The first-order valence-corrected chi connectivity index (χ1v) is 9.79. The van der Waals surface area contributed by atoms with Gasteiger partial charge < -0.3 is 10.1 Å². The second-order valence-electron chi connectivity index (χ2n) is 8.29. The molecule has 0 aliphatic rings. The quantitative estimate of drug-likeness (QED) is 0.635. The van der Waals surface area contributed by atoms with Gasteiger partial charge in [0.25, 0.3) is 11.8 Å². The minimum absolute atomic E-state index is 0.0401. The molecule has 0 unspecified atom stereocenters. The maximum absolute atomic E-state index is 12.1. The average molecular weight is 412 g/mol. The highest BCUT2D eigenvalue weighted by Crippen LogP contribution is 2.24. The molecule has 2 aromatic rings. The van der Waals surface area contributed by atoms with Crippen LogP contribution in [0.5, 0.6) is 5.75 Å². The smallest absolute Gasteiger partial charge is 0.276 e. The van der Waals surface area contributed by atoms with Crippen LogP contribution in [0.25, 0.3) is 0 Å². The maximum atomic E-state index is 12.1. The fourth-order valence-electron chi connectivity index (χ4n) is 2.43. The number of carbonyl (C=O) groups excluding carboxylic acids is 3. The van der Waals surface area contributed by atoms with Crippen molar-refractivity contribution >= 4 is 23.4 Å². The van der Waals surface area contributed by atoms with E-state index in [0.29, 0.717) is 17.0 Å². The van der Waals surface area contributed by atoms with Crippen LogP contribution in [0.2, 0.25) is 0 Å². The Morgan fingerprint density at radius 3 is 2.03 bits per heavy atom. The van der Waals surface area contributed by atoms with Crippen LogP contribution in [-0.2, 0) is 15.0 Å². The molecule has 0 saturated carbocycles. The van der Waals surface area contributed by atoms with Gasteiger partial charge in [0.05, 0.1) is 0 Å². The molecule has 3 amide bonds. The van der Waals surface area contributed by atoms with Crippen LogP contribution in [0.4, 0.5) is 5.69 Å². The third kappa shape index (κ3) is 6.92. The van der Waals surface area contributed by atoms with E-state index < -0.39 is 11.8 Å². The number of carbonyl (C=O) groups is 3. The second-order valence-corrected chi connectivity index (χ2v) is 8.29. The number of ether oxygens (including phenoxy) is 1. The first-order valence-electron chi connectivity index (χ1n) is 9.79. The molecule has 0 aromatic heterocycles. The first kappa shape index (κ1) is 22.9. The fraction of sp³-hybridized carbons (Fsp3) is 0.348. The molecule has 160 valence electrons. The molecule has 0 atom stereocenters.